The van der Waals surface area contributed by atoms with Gasteiger partial charge >= 0.3 is 0 Å². The molecule has 1 aromatic rings. The van der Waals surface area contributed by atoms with E-state index < -0.39 is 29.2 Å². The molecule has 0 heterocycles. The second kappa shape index (κ2) is 4.89. The first kappa shape index (κ1) is 14.4. The van der Waals surface area contributed by atoms with Crippen LogP contribution < -0.4 is 11.1 Å². The summed E-state index contributed by atoms with van der Waals surface area (Å²) in [7, 11) is 0. The zero-order chi connectivity index (χ0) is 14.1. The quantitative estimate of drug-likeness (QED) is 0.718. The van der Waals surface area contributed by atoms with E-state index in [1.807, 2.05) is 0 Å². The van der Waals surface area contributed by atoms with Gasteiger partial charge in [0.25, 0.3) is 5.91 Å². The molecule has 1 amide bonds. The maximum atomic E-state index is 13.1. The summed E-state index contributed by atoms with van der Waals surface area (Å²) in [5.74, 6) is -2.93. The number of aliphatic hydroxyl groups is 1. The van der Waals surface area contributed by atoms with Crippen molar-refractivity contribution in [2.24, 2.45) is 0 Å². The molecule has 6 heteroatoms. The minimum absolute atomic E-state index is 0.159. The zero-order valence-corrected chi connectivity index (χ0v) is 10.4. The van der Waals surface area contributed by atoms with Gasteiger partial charge in [-0.1, -0.05) is 0 Å². The van der Waals surface area contributed by atoms with E-state index in [4.69, 9.17) is 5.73 Å². The van der Waals surface area contributed by atoms with E-state index in [1.54, 1.807) is 13.8 Å². The summed E-state index contributed by atoms with van der Waals surface area (Å²) in [5, 5.41) is 12.0. The molecule has 1 atom stereocenters. The van der Waals surface area contributed by atoms with Crippen molar-refractivity contribution in [3.63, 3.8) is 0 Å². The van der Waals surface area contributed by atoms with Gasteiger partial charge in [0.2, 0.25) is 0 Å². The van der Waals surface area contributed by atoms with E-state index >= 15 is 0 Å². The van der Waals surface area contributed by atoms with Gasteiger partial charge in [-0.15, -0.1) is 0 Å². The van der Waals surface area contributed by atoms with Crippen molar-refractivity contribution >= 4 is 11.6 Å². The summed E-state index contributed by atoms with van der Waals surface area (Å²) in [4.78, 5) is 11.9. The van der Waals surface area contributed by atoms with Crippen LogP contribution in [-0.4, -0.2) is 22.7 Å². The van der Waals surface area contributed by atoms with Crippen LogP contribution in [0.2, 0.25) is 0 Å². The molecule has 0 spiro atoms. The molecule has 4 N–H and O–H groups in total. The van der Waals surface area contributed by atoms with Crippen LogP contribution in [0.4, 0.5) is 14.5 Å². The molecule has 0 fully saturated rings. The summed E-state index contributed by atoms with van der Waals surface area (Å²) < 4.78 is 25.9. The highest BCUT2D eigenvalue weighted by Crippen LogP contribution is 2.18. The predicted octanol–water partition coefficient (Wildman–Crippen LogP) is 1.44. The van der Waals surface area contributed by atoms with Crippen LogP contribution in [-0.2, 0) is 0 Å². The largest absolute Gasteiger partial charge is 0.398 e. The summed E-state index contributed by atoms with van der Waals surface area (Å²) >= 11 is 0. The first-order valence-corrected chi connectivity index (χ1v) is 5.40. The molecule has 1 aromatic carbocycles. The van der Waals surface area contributed by atoms with Gasteiger partial charge in [-0.3, -0.25) is 4.79 Å². The van der Waals surface area contributed by atoms with Crippen LogP contribution in [0.15, 0.2) is 12.1 Å². The lowest BCUT2D eigenvalue weighted by Crippen LogP contribution is -2.51. The van der Waals surface area contributed by atoms with Gasteiger partial charge in [-0.25, -0.2) is 8.78 Å². The van der Waals surface area contributed by atoms with Gasteiger partial charge in [0, 0.05) is 11.8 Å². The summed E-state index contributed by atoms with van der Waals surface area (Å²) in [5.41, 5.74) is 4.22. The molecule has 1 rings (SSSR count). The highest BCUT2D eigenvalue weighted by atomic mass is 19.2. The third kappa shape index (κ3) is 2.95. The van der Waals surface area contributed by atoms with Crippen molar-refractivity contribution < 1.29 is 18.7 Å². The van der Waals surface area contributed by atoms with Crippen molar-refractivity contribution in [3.05, 3.63) is 29.3 Å². The van der Waals surface area contributed by atoms with Gasteiger partial charge in [0.1, 0.15) is 0 Å². The Labute approximate surface area is 104 Å². The van der Waals surface area contributed by atoms with E-state index in [-0.39, 0.29) is 11.3 Å². The second-order valence-electron chi connectivity index (χ2n) is 4.71. The zero-order valence-electron chi connectivity index (χ0n) is 10.4. The molecule has 18 heavy (non-hydrogen) atoms. The fraction of sp³-hybridized carbons (Fsp3) is 0.417. The first-order chi connectivity index (χ1) is 8.15. The number of aliphatic hydroxyl groups excluding tert-OH is 1. The molecule has 0 bridgehead atoms. The molecule has 0 aliphatic carbocycles. The van der Waals surface area contributed by atoms with Gasteiger partial charge in [0.05, 0.1) is 17.2 Å². The molecule has 0 saturated heterocycles. The number of halogens is 2. The Kier molecular flexibility index (Phi) is 3.91. The number of hydrogen-bond acceptors (Lipinski definition) is 3. The minimum atomic E-state index is -1.15. The number of amides is 1. The maximum absolute atomic E-state index is 13.1. The van der Waals surface area contributed by atoms with E-state index in [1.165, 1.54) is 6.92 Å². The molecule has 0 aliphatic rings. The number of rotatable bonds is 3. The molecule has 1 unspecified atom stereocenters. The number of hydrogen-bond donors (Lipinski definition) is 3. The Morgan fingerprint density at radius 1 is 1.39 bits per heavy atom. The minimum Gasteiger partial charge on any atom is -0.398 e. The highest BCUT2D eigenvalue weighted by molar-refractivity contribution is 5.99. The Balaban J connectivity index is 3.02. The lowest BCUT2D eigenvalue weighted by atomic mass is 9.98. The standard InChI is InChI=1S/C12H16F2N2O2/c1-6(17)12(2,3)16-11(18)7-4-8(13)9(14)5-10(7)15/h4-6,17H,15H2,1-3H3,(H,16,18). The molecule has 0 radical (unpaired) electrons. The number of nitrogens with one attached hydrogen (secondary N) is 1. The van der Waals surface area contributed by atoms with Crippen LogP contribution in [0.1, 0.15) is 31.1 Å². The summed E-state index contributed by atoms with van der Waals surface area (Å²) in [6.45, 7) is 4.71. The fourth-order valence-corrected chi connectivity index (χ4v) is 1.22. The van der Waals surface area contributed by atoms with Crippen molar-refractivity contribution in [3.8, 4) is 0 Å². The SMILES string of the molecule is CC(O)C(C)(C)NC(=O)c1cc(F)c(F)cc1N. The van der Waals surface area contributed by atoms with Crippen molar-refractivity contribution in [2.75, 3.05) is 5.73 Å². The molecule has 0 aromatic heterocycles. The molecular weight excluding hydrogens is 242 g/mol. The molecular formula is C12H16F2N2O2. The van der Waals surface area contributed by atoms with Crippen LogP contribution in [0.25, 0.3) is 0 Å². The normalized spacial score (nSPS) is 13.2. The number of benzene rings is 1. The Bertz CT molecular complexity index is 473. The number of nitrogens with two attached hydrogens (primary N) is 1. The van der Waals surface area contributed by atoms with Gasteiger partial charge < -0.3 is 16.2 Å². The second-order valence-corrected chi connectivity index (χ2v) is 4.71. The average molecular weight is 258 g/mol. The number of carbonyl (C=O) groups excluding carboxylic acids is 1. The maximum Gasteiger partial charge on any atom is 0.253 e. The summed E-state index contributed by atoms with van der Waals surface area (Å²) in [6, 6.07) is 1.48. The van der Waals surface area contributed by atoms with E-state index in [0.717, 1.165) is 12.1 Å². The number of nitrogen functional groups attached to an aromatic ring is 1. The molecule has 0 aliphatic heterocycles. The van der Waals surface area contributed by atoms with Crippen molar-refractivity contribution in [2.45, 2.75) is 32.4 Å². The first-order valence-electron chi connectivity index (χ1n) is 5.40. The van der Waals surface area contributed by atoms with Crippen LogP contribution in [0.3, 0.4) is 0 Å². The molecule has 100 valence electrons. The monoisotopic (exact) mass is 258 g/mol. The topological polar surface area (TPSA) is 75.3 Å². The Morgan fingerprint density at radius 2 is 1.89 bits per heavy atom. The van der Waals surface area contributed by atoms with E-state index in [9.17, 15) is 18.7 Å². The third-order valence-corrected chi connectivity index (χ3v) is 2.82. The lowest BCUT2D eigenvalue weighted by molar-refractivity contribution is 0.0709. The fourth-order valence-electron chi connectivity index (χ4n) is 1.22. The van der Waals surface area contributed by atoms with Crippen LogP contribution in [0.5, 0.6) is 0 Å². The van der Waals surface area contributed by atoms with Crippen LogP contribution in [0, 0.1) is 11.6 Å². The Morgan fingerprint density at radius 3 is 2.39 bits per heavy atom. The van der Waals surface area contributed by atoms with Gasteiger partial charge in [-0.05, 0) is 26.8 Å². The molecule has 0 saturated carbocycles. The van der Waals surface area contributed by atoms with Crippen molar-refractivity contribution in [1.29, 1.82) is 0 Å². The number of anilines is 1. The third-order valence-electron chi connectivity index (χ3n) is 2.82. The van der Waals surface area contributed by atoms with E-state index in [0.29, 0.717) is 0 Å². The smallest absolute Gasteiger partial charge is 0.253 e. The van der Waals surface area contributed by atoms with Gasteiger partial charge in [-0.2, -0.15) is 0 Å². The number of carbonyl (C=O) groups is 1. The van der Waals surface area contributed by atoms with E-state index in [2.05, 4.69) is 5.32 Å². The van der Waals surface area contributed by atoms with Crippen LogP contribution >= 0.6 is 0 Å². The lowest BCUT2D eigenvalue weighted by Gasteiger charge is -2.29. The molecule has 4 nitrogen and oxygen atoms in total. The van der Waals surface area contributed by atoms with Crippen molar-refractivity contribution in [1.82, 2.24) is 5.32 Å². The summed E-state index contributed by atoms with van der Waals surface area (Å²) in [6.07, 6.45) is -0.812. The van der Waals surface area contributed by atoms with Gasteiger partial charge in [0.15, 0.2) is 11.6 Å². The highest BCUT2D eigenvalue weighted by Gasteiger charge is 2.27. The average Bonchev–Trinajstić information content (AvgIpc) is 2.22. The predicted molar refractivity (Wildman–Crippen MR) is 64.0 cm³/mol. The Hall–Kier alpha value is -1.69.